The second kappa shape index (κ2) is 11.4. The van der Waals surface area contributed by atoms with Gasteiger partial charge in [-0.25, -0.2) is 0 Å². The summed E-state index contributed by atoms with van der Waals surface area (Å²) in [5.41, 5.74) is -0.238. The van der Waals surface area contributed by atoms with Gasteiger partial charge in [-0.3, -0.25) is 4.79 Å². The molecule has 1 unspecified atom stereocenters. The van der Waals surface area contributed by atoms with Crippen molar-refractivity contribution in [2.24, 2.45) is 5.18 Å². The molecule has 0 aromatic heterocycles. The number of ketones is 1. The minimum Gasteiger partial charge on any atom is -0.504 e. The number of carbonyl (C=O) groups excluding carboxylic acids is 1. The molecule has 1 atom stereocenters. The number of aromatic hydroxyl groups is 3. The van der Waals surface area contributed by atoms with E-state index in [1.807, 2.05) is 0 Å². The fourth-order valence-electron chi connectivity index (χ4n) is 3.55. The monoisotopic (exact) mass is 405 g/mol. The maximum absolute atomic E-state index is 12.4. The highest BCUT2D eigenvalue weighted by Gasteiger charge is 2.37. The fourth-order valence-corrected chi connectivity index (χ4v) is 3.55. The van der Waals surface area contributed by atoms with Crippen molar-refractivity contribution in [1.29, 1.82) is 0 Å². The van der Waals surface area contributed by atoms with E-state index in [1.54, 1.807) is 0 Å². The predicted molar refractivity (Wildman–Crippen MR) is 110 cm³/mol. The van der Waals surface area contributed by atoms with Crippen molar-refractivity contribution in [2.75, 3.05) is 0 Å². The lowest BCUT2D eigenvalue weighted by molar-refractivity contribution is -0.121. The molecule has 2 rings (SSSR count). The van der Waals surface area contributed by atoms with Crippen LogP contribution in [0.15, 0.2) is 23.0 Å². The molecule has 0 spiro atoms. The number of benzene rings is 1. The molecule has 1 aliphatic heterocycles. The molecule has 0 bridgehead atoms. The van der Waals surface area contributed by atoms with E-state index in [9.17, 15) is 25.0 Å². The topological polar surface area (TPSA) is 116 Å². The smallest absolute Gasteiger partial charge is 0.229 e. The van der Waals surface area contributed by atoms with Crippen molar-refractivity contribution < 1.29 is 24.9 Å². The summed E-state index contributed by atoms with van der Waals surface area (Å²) < 4.78 is 5.63. The minimum absolute atomic E-state index is 0.0762. The third kappa shape index (κ3) is 6.21. The third-order valence-corrected chi connectivity index (χ3v) is 5.24. The van der Waals surface area contributed by atoms with Crippen LogP contribution in [-0.4, -0.2) is 27.2 Å². The molecule has 160 valence electrons. The lowest BCUT2D eigenvalue weighted by Gasteiger charge is -2.12. The van der Waals surface area contributed by atoms with Crippen LogP contribution in [0.3, 0.4) is 0 Å². The van der Waals surface area contributed by atoms with Gasteiger partial charge < -0.3 is 20.1 Å². The first kappa shape index (κ1) is 22.7. The molecule has 7 heteroatoms. The average molecular weight is 405 g/mol. The lowest BCUT2D eigenvalue weighted by Crippen LogP contribution is -2.17. The SMILES string of the molecule is CCCCCCCCCCCCC1OC(c2cc(O)c(O)c(O)c2)=C(N=O)C1=O. The van der Waals surface area contributed by atoms with Crippen LogP contribution in [0.5, 0.6) is 17.2 Å². The number of nitroso groups, excluding NO2 is 1. The Labute approximate surface area is 171 Å². The number of hydrogen-bond donors (Lipinski definition) is 3. The van der Waals surface area contributed by atoms with E-state index in [0.29, 0.717) is 6.42 Å². The van der Waals surface area contributed by atoms with E-state index in [2.05, 4.69) is 12.1 Å². The number of ether oxygens (including phenoxy) is 1. The highest BCUT2D eigenvalue weighted by molar-refractivity contribution is 6.07. The molecular weight excluding hydrogens is 374 g/mol. The molecule has 1 aromatic carbocycles. The molecule has 29 heavy (non-hydrogen) atoms. The van der Waals surface area contributed by atoms with E-state index in [-0.39, 0.29) is 17.0 Å². The first-order valence-corrected chi connectivity index (χ1v) is 10.5. The van der Waals surface area contributed by atoms with Crippen molar-refractivity contribution >= 4 is 11.5 Å². The zero-order chi connectivity index (χ0) is 21.2. The first-order chi connectivity index (χ1) is 14.0. The van der Waals surface area contributed by atoms with Crippen LogP contribution in [0.2, 0.25) is 0 Å². The number of Topliss-reactive ketones (excluding diaryl/α,β-unsaturated/α-hetero) is 1. The summed E-state index contributed by atoms with van der Waals surface area (Å²) >= 11 is 0. The van der Waals surface area contributed by atoms with Crippen molar-refractivity contribution in [2.45, 2.75) is 83.7 Å². The fraction of sp³-hybridized carbons (Fsp3) is 0.591. The third-order valence-electron chi connectivity index (χ3n) is 5.24. The van der Waals surface area contributed by atoms with Crippen molar-refractivity contribution in [3.05, 3.63) is 28.3 Å². The number of phenols is 3. The Kier molecular flexibility index (Phi) is 8.96. The van der Waals surface area contributed by atoms with Crippen molar-refractivity contribution in [3.63, 3.8) is 0 Å². The maximum atomic E-state index is 12.4. The lowest BCUT2D eigenvalue weighted by atomic mass is 10.0. The van der Waals surface area contributed by atoms with Gasteiger partial charge in [-0.15, -0.1) is 4.91 Å². The van der Waals surface area contributed by atoms with Gasteiger partial charge >= 0.3 is 0 Å². The first-order valence-electron chi connectivity index (χ1n) is 10.5. The summed E-state index contributed by atoms with van der Waals surface area (Å²) in [5.74, 6) is -2.40. The summed E-state index contributed by atoms with van der Waals surface area (Å²) in [6.45, 7) is 2.21. The van der Waals surface area contributed by atoms with Gasteiger partial charge in [0.05, 0.1) is 0 Å². The maximum Gasteiger partial charge on any atom is 0.229 e. The summed E-state index contributed by atoms with van der Waals surface area (Å²) in [6.07, 6.45) is 11.5. The summed E-state index contributed by atoms with van der Waals surface area (Å²) in [5, 5.41) is 31.5. The van der Waals surface area contributed by atoms with Crippen LogP contribution < -0.4 is 0 Å². The number of phenolic OH excluding ortho intramolecular Hbond substituents is 3. The molecule has 0 aliphatic carbocycles. The van der Waals surface area contributed by atoms with Gasteiger partial charge in [0.15, 0.2) is 34.8 Å². The minimum atomic E-state index is -0.787. The molecule has 0 radical (unpaired) electrons. The second-order valence-electron chi connectivity index (χ2n) is 7.57. The van der Waals surface area contributed by atoms with Crippen LogP contribution in [0.1, 0.15) is 83.1 Å². The molecule has 1 heterocycles. The number of hydrogen-bond acceptors (Lipinski definition) is 7. The zero-order valence-electron chi connectivity index (χ0n) is 17.0. The van der Waals surface area contributed by atoms with Crippen LogP contribution in [0.4, 0.5) is 0 Å². The summed E-state index contributed by atoms with van der Waals surface area (Å²) in [6, 6.07) is 2.23. The molecule has 0 fully saturated rings. The normalized spacial score (nSPS) is 16.3. The Bertz CT molecular complexity index is 720. The highest BCUT2D eigenvalue weighted by atomic mass is 16.5. The standard InChI is InChI=1S/C22H31NO6/c1-2-3-4-5-6-7-8-9-10-11-12-18-21(27)19(23-28)22(29-18)15-13-16(24)20(26)17(25)14-15/h13-14,18,24-26H,2-12H2,1H3. The number of nitrogens with zero attached hydrogens (tertiary/aromatic N) is 1. The van der Waals surface area contributed by atoms with Gasteiger partial charge in [-0.2, -0.15) is 0 Å². The van der Waals surface area contributed by atoms with E-state index < -0.39 is 29.1 Å². The number of rotatable bonds is 13. The van der Waals surface area contributed by atoms with Gasteiger partial charge in [0.1, 0.15) is 0 Å². The van der Waals surface area contributed by atoms with Crippen molar-refractivity contribution in [1.82, 2.24) is 0 Å². The van der Waals surface area contributed by atoms with Crippen molar-refractivity contribution in [3.8, 4) is 17.2 Å². The average Bonchev–Trinajstić information content (AvgIpc) is 3.02. The van der Waals surface area contributed by atoms with Gasteiger partial charge in [0, 0.05) is 5.56 Å². The Hall–Kier alpha value is -2.57. The molecule has 0 saturated heterocycles. The molecule has 3 N–H and O–H groups in total. The Balaban J connectivity index is 1.79. The van der Waals surface area contributed by atoms with Gasteiger partial charge in [0.25, 0.3) is 0 Å². The Morgan fingerprint density at radius 2 is 1.41 bits per heavy atom. The van der Waals surface area contributed by atoms with Gasteiger partial charge in [0.2, 0.25) is 5.78 Å². The van der Waals surface area contributed by atoms with E-state index in [0.717, 1.165) is 31.4 Å². The van der Waals surface area contributed by atoms with Gasteiger partial charge in [-0.05, 0) is 30.2 Å². The molecular formula is C22H31NO6. The molecule has 0 saturated carbocycles. The summed E-state index contributed by atoms with van der Waals surface area (Å²) in [7, 11) is 0. The quantitative estimate of drug-likeness (QED) is 0.226. The molecule has 1 aliphatic rings. The van der Waals surface area contributed by atoms with E-state index in [4.69, 9.17) is 4.74 Å². The molecule has 0 amide bonds. The van der Waals surface area contributed by atoms with Crippen LogP contribution >= 0.6 is 0 Å². The van der Waals surface area contributed by atoms with Gasteiger partial charge in [-0.1, -0.05) is 64.7 Å². The zero-order valence-corrected chi connectivity index (χ0v) is 17.0. The van der Waals surface area contributed by atoms with Crippen LogP contribution in [-0.2, 0) is 9.53 Å². The second-order valence-corrected chi connectivity index (χ2v) is 7.57. The summed E-state index contributed by atoms with van der Waals surface area (Å²) in [4.78, 5) is 23.5. The Morgan fingerprint density at radius 1 is 0.897 bits per heavy atom. The highest BCUT2D eigenvalue weighted by Crippen LogP contribution is 2.41. The van der Waals surface area contributed by atoms with E-state index >= 15 is 0 Å². The Morgan fingerprint density at radius 3 is 1.93 bits per heavy atom. The largest absolute Gasteiger partial charge is 0.504 e. The molecule has 7 nitrogen and oxygen atoms in total. The molecule has 1 aromatic rings. The van der Waals surface area contributed by atoms with Crippen LogP contribution in [0.25, 0.3) is 5.76 Å². The van der Waals surface area contributed by atoms with E-state index in [1.165, 1.54) is 44.9 Å². The predicted octanol–water partition coefficient (Wildman–Crippen LogP) is 5.52. The van der Waals surface area contributed by atoms with Crippen LogP contribution in [0, 0.1) is 4.91 Å². The number of carbonyl (C=O) groups is 1. The number of unbranched alkanes of at least 4 members (excludes halogenated alkanes) is 9.